The molecule has 0 atom stereocenters. The number of nitrogens with one attached hydrogen (secondary N) is 1. The molecule has 94 valence electrons. The standard InChI is InChI=1S/C12H17FN2O2/c1-4-12(2,3)7-15-10-9(11(16)17)5-8(13)6-14-10/h5-6H,4,7H2,1-3H3,(H,14,15)(H,16,17). The van der Waals surface area contributed by atoms with Gasteiger partial charge < -0.3 is 10.4 Å². The van der Waals surface area contributed by atoms with Crippen LogP contribution in [0.5, 0.6) is 0 Å². The molecule has 0 aliphatic carbocycles. The van der Waals surface area contributed by atoms with E-state index in [4.69, 9.17) is 5.11 Å². The number of carbonyl (C=O) groups is 1. The highest BCUT2D eigenvalue weighted by Gasteiger charge is 2.18. The fraction of sp³-hybridized carbons (Fsp3) is 0.500. The van der Waals surface area contributed by atoms with Crippen molar-refractivity contribution in [1.29, 1.82) is 0 Å². The first-order valence-corrected chi connectivity index (χ1v) is 5.48. The molecule has 17 heavy (non-hydrogen) atoms. The number of rotatable bonds is 5. The van der Waals surface area contributed by atoms with Crippen LogP contribution < -0.4 is 5.32 Å². The molecule has 1 heterocycles. The Hall–Kier alpha value is -1.65. The van der Waals surface area contributed by atoms with E-state index in [0.717, 1.165) is 18.7 Å². The zero-order valence-corrected chi connectivity index (χ0v) is 10.2. The van der Waals surface area contributed by atoms with Gasteiger partial charge >= 0.3 is 5.97 Å². The first-order valence-electron chi connectivity index (χ1n) is 5.48. The second kappa shape index (κ2) is 5.12. The highest BCUT2D eigenvalue weighted by atomic mass is 19.1. The van der Waals surface area contributed by atoms with E-state index in [0.29, 0.717) is 6.54 Å². The molecule has 1 aromatic rings. The van der Waals surface area contributed by atoms with Crippen molar-refractivity contribution >= 4 is 11.8 Å². The first-order chi connectivity index (χ1) is 7.85. The molecular weight excluding hydrogens is 223 g/mol. The molecule has 0 fully saturated rings. The third-order valence-electron chi connectivity index (χ3n) is 2.78. The molecule has 0 aliphatic heterocycles. The topological polar surface area (TPSA) is 62.2 Å². The van der Waals surface area contributed by atoms with Gasteiger partial charge in [0.15, 0.2) is 0 Å². The van der Waals surface area contributed by atoms with Crippen LogP contribution in [0.15, 0.2) is 12.3 Å². The zero-order valence-electron chi connectivity index (χ0n) is 10.2. The van der Waals surface area contributed by atoms with Crippen LogP contribution in [0, 0.1) is 11.2 Å². The fourth-order valence-electron chi connectivity index (χ4n) is 1.19. The lowest BCUT2D eigenvalue weighted by molar-refractivity contribution is 0.0697. The van der Waals surface area contributed by atoms with Crippen molar-refractivity contribution in [2.24, 2.45) is 5.41 Å². The molecule has 1 rings (SSSR count). The van der Waals surface area contributed by atoms with Crippen molar-refractivity contribution in [2.75, 3.05) is 11.9 Å². The van der Waals surface area contributed by atoms with Crippen LogP contribution in [0.2, 0.25) is 0 Å². The summed E-state index contributed by atoms with van der Waals surface area (Å²) in [6, 6.07) is 0.969. The Morgan fingerprint density at radius 1 is 1.59 bits per heavy atom. The maximum atomic E-state index is 12.9. The second-order valence-corrected chi connectivity index (χ2v) is 4.73. The molecule has 0 bridgehead atoms. The highest BCUT2D eigenvalue weighted by Crippen LogP contribution is 2.21. The molecule has 0 aromatic carbocycles. The van der Waals surface area contributed by atoms with Gasteiger partial charge in [-0.15, -0.1) is 0 Å². The van der Waals surface area contributed by atoms with Crippen LogP contribution in [0.25, 0.3) is 0 Å². The summed E-state index contributed by atoms with van der Waals surface area (Å²) < 4.78 is 12.9. The number of carboxylic acids is 1. The average Bonchev–Trinajstić information content (AvgIpc) is 2.27. The van der Waals surface area contributed by atoms with E-state index in [1.54, 1.807) is 0 Å². The normalized spacial score (nSPS) is 11.3. The molecule has 0 amide bonds. The number of hydrogen-bond acceptors (Lipinski definition) is 3. The van der Waals surface area contributed by atoms with Gasteiger partial charge in [-0.3, -0.25) is 0 Å². The summed E-state index contributed by atoms with van der Waals surface area (Å²) in [6.07, 6.45) is 1.96. The smallest absolute Gasteiger partial charge is 0.339 e. The van der Waals surface area contributed by atoms with Crippen LogP contribution in [0.1, 0.15) is 37.6 Å². The Balaban J connectivity index is 2.88. The molecule has 0 aliphatic rings. The molecule has 2 N–H and O–H groups in total. The Morgan fingerprint density at radius 2 is 2.24 bits per heavy atom. The minimum atomic E-state index is -1.19. The summed E-state index contributed by atoms with van der Waals surface area (Å²) in [7, 11) is 0. The fourth-order valence-corrected chi connectivity index (χ4v) is 1.19. The molecular formula is C12H17FN2O2. The van der Waals surface area contributed by atoms with Crippen LogP contribution in [-0.4, -0.2) is 22.6 Å². The van der Waals surface area contributed by atoms with Gasteiger partial charge in [-0.1, -0.05) is 20.8 Å². The Labute approximate surface area is 99.9 Å². The van der Waals surface area contributed by atoms with Gasteiger partial charge in [-0.05, 0) is 17.9 Å². The number of aromatic carboxylic acids is 1. The lowest BCUT2D eigenvalue weighted by Gasteiger charge is -2.23. The lowest BCUT2D eigenvalue weighted by atomic mass is 9.90. The third-order valence-corrected chi connectivity index (χ3v) is 2.78. The van der Waals surface area contributed by atoms with Crippen molar-refractivity contribution < 1.29 is 14.3 Å². The third kappa shape index (κ3) is 3.69. The molecule has 4 nitrogen and oxygen atoms in total. The van der Waals surface area contributed by atoms with Gasteiger partial charge in [0.2, 0.25) is 0 Å². The van der Waals surface area contributed by atoms with Crippen LogP contribution in [0.3, 0.4) is 0 Å². The molecule has 0 unspecified atom stereocenters. The summed E-state index contributed by atoms with van der Waals surface area (Å²) in [4.78, 5) is 14.7. The molecule has 0 saturated carbocycles. The number of aromatic nitrogens is 1. The van der Waals surface area contributed by atoms with Crippen molar-refractivity contribution in [2.45, 2.75) is 27.2 Å². The lowest BCUT2D eigenvalue weighted by Crippen LogP contribution is -2.23. The summed E-state index contributed by atoms with van der Waals surface area (Å²) in [5, 5.41) is 11.9. The van der Waals surface area contributed by atoms with Gasteiger partial charge in [0.05, 0.1) is 6.20 Å². The van der Waals surface area contributed by atoms with E-state index in [-0.39, 0.29) is 16.8 Å². The molecule has 0 saturated heterocycles. The second-order valence-electron chi connectivity index (χ2n) is 4.73. The Morgan fingerprint density at radius 3 is 2.76 bits per heavy atom. The first kappa shape index (κ1) is 13.4. The Bertz CT molecular complexity index is 419. The van der Waals surface area contributed by atoms with E-state index >= 15 is 0 Å². The van der Waals surface area contributed by atoms with Gasteiger partial charge in [0, 0.05) is 6.54 Å². The number of halogens is 1. The summed E-state index contributed by atoms with van der Waals surface area (Å²) >= 11 is 0. The van der Waals surface area contributed by atoms with E-state index in [1.807, 2.05) is 0 Å². The van der Waals surface area contributed by atoms with Crippen molar-refractivity contribution in [3.8, 4) is 0 Å². The van der Waals surface area contributed by atoms with Gasteiger partial charge in [-0.25, -0.2) is 14.2 Å². The summed E-state index contributed by atoms with van der Waals surface area (Å²) in [5.41, 5.74) is -0.108. The summed E-state index contributed by atoms with van der Waals surface area (Å²) in [6.45, 7) is 6.76. The zero-order chi connectivity index (χ0) is 13.1. The number of carboxylic acid groups (broad SMARTS) is 1. The monoisotopic (exact) mass is 240 g/mol. The van der Waals surface area contributed by atoms with Crippen molar-refractivity contribution in [1.82, 2.24) is 4.98 Å². The quantitative estimate of drug-likeness (QED) is 0.830. The predicted octanol–water partition coefficient (Wildman–Crippen LogP) is 2.77. The summed E-state index contributed by atoms with van der Waals surface area (Å²) in [5.74, 6) is -1.63. The molecule has 0 radical (unpaired) electrons. The predicted molar refractivity (Wildman–Crippen MR) is 63.7 cm³/mol. The molecule has 5 heteroatoms. The van der Waals surface area contributed by atoms with E-state index in [9.17, 15) is 9.18 Å². The largest absolute Gasteiger partial charge is 0.478 e. The number of hydrogen-bond donors (Lipinski definition) is 2. The van der Waals surface area contributed by atoms with Crippen molar-refractivity contribution in [3.63, 3.8) is 0 Å². The Kier molecular flexibility index (Phi) is 4.04. The van der Waals surface area contributed by atoms with Crippen LogP contribution in [-0.2, 0) is 0 Å². The maximum Gasteiger partial charge on any atom is 0.339 e. The van der Waals surface area contributed by atoms with Gasteiger partial charge in [0.1, 0.15) is 17.2 Å². The molecule has 0 spiro atoms. The highest BCUT2D eigenvalue weighted by molar-refractivity contribution is 5.93. The van der Waals surface area contributed by atoms with Gasteiger partial charge in [-0.2, -0.15) is 0 Å². The number of pyridine rings is 1. The average molecular weight is 240 g/mol. The number of nitrogens with zero attached hydrogens (tertiary/aromatic N) is 1. The SMILES string of the molecule is CCC(C)(C)CNc1ncc(F)cc1C(=O)O. The van der Waals surface area contributed by atoms with E-state index < -0.39 is 11.8 Å². The maximum absolute atomic E-state index is 12.9. The van der Waals surface area contributed by atoms with Crippen molar-refractivity contribution in [3.05, 3.63) is 23.6 Å². The van der Waals surface area contributed by atoms with Crippen LogP contribution >= 0.6 is 0 Å². The number of anilines is 1. The molecule has 1 aromatic heterocycles. The minimum Gasteiger partial charge on any atom is -0.478 e. The van der Waals surface area contributed by atoms with Crippen LogP contribution in [0.4, 0.5) is 10.2 Å². The van der Waals surface area contributed by atoms with Gasteiger partial charge in [0.25, 0.3) is 0 Å². The van der Waals surface area contributed by atoms with E-state index in [1.165, 1.54) is 0 Å². The van der Waals surface area contributed by atoms with E-state index in [2.05, 4.69) is 31.1 Å². The minimum absolute atomic E-state index is 0.0336.